The van der Waals surface area contributed by atoms with Gasteiger partial charge in [-0.25, -0.2) is 0 Å². The summed E-state index contributed by atoms with van der Waals surface area (Å²) in [5, 5.41) is 13.0. The van der Waals surface area contributed by atoms with Gasteiger partial charge in [-0.3, -0.25) is 4.90 Å². The number of nitrogens with zero attached hydrogens (tertiary/aromatic N) is 2. The number of likely N-dealkylation sites (tertiary alicyclic amines) is 1. The molecule has 2 saturated heterocycles. The largest absolute Gasteiger partial charge is 0.547 e. The van der Waals surface area contributed by atoms with Gasteiger partial charge in [-0.05, 0) is 13.0 Å². The van der Waals surface area contributed by atoms with Crippen molar-refractivity contribution < 1.29 is 14.4 Å². The Morgan fingerprint density at radius 2 is 2.21 bits per heavy atom. The molecule has 0 amide bonds. The zero-order valence-electron chi connectivity index (χ0n) is 11.6. The van der Waals surface area contributed by atoms with E-state index in [1.807, 2.05) is 7.05 Å². The van der Waals surface area contributed by atoms with Gasteiger partial charge in [0, 0.05) is 44.6 Å². The van der Waals surface area contributed by atoms with Crippen molar-refractivity contribution in [2.24, 2.45) is 5.73 Å². The monoisotopic (exact) mass is 269 g/mol. The van der Waals surface area contributed by atoms with Gasteiger partial charge in [-0.1, -0.05) is 0 Å². The Morgan fingerprint density at radius 3 is 2.79 bits per heavy atom. The molecule has 3 rings (SSSR count). The standard InChI is InChI=1S/C13H24N4O2/c1-16-9-13(19-12(16)18)3-6-17(7-4-13)11-2-5-15-8-10(11)14/h10-11,15H,2-9,14H2,1H3/p+1. The highest BCUT2D eigenvalue weighted by molar-refractivity contribution is 5.60. The molecular formula is C13H25N4O2+. The smallest absolute Gasteiger partial charge is 0.430 e. The maximum Gasteiger partial charge on any atom is 0.547 e. The molecule has 0 aliphatic carbocycles. The van der Waals surface area contributed by atoms with Crippen molar-refractivity contribution >= 4 is 6.08 Å². The maximum atomic E-state index is 9.65. The first-order valence-electron chi connectivity index (χ1n) is 7.26. The van der Waals surface area contributed by atoms with E-state index in [-0.39, 0.29) is 17.7 Å². The Bertz CT molecular complexity index is 361. The lowest BCUT2D eigenvalue weighted by atomic mass is 9.88. The van der Waals surface area contributed by atoms with Crippen molar-refractivity contribution in [2.75, 3.05) is 39.8 Å². The summed E-state index contributed by atoms with van der Waals surface area (Å²) in [5.74, 6) is 0. The van der Waals surface area contributed by atoms with E-state index >= 15 is 0 Å². The SMILES string of the molecule is C[N+]1=C(O)OC2(CCN(C3CCNCC3N)CC2)C1. The molecule has 0 aromatic carbocycles. The Balaban J connectivity index is 1.58. The van der Waals surface area contributed by atoms with Crippen molar-refractivity contribution in [1.82, 2.24) is 10.2 Å². The highest BCUT2D eigenvalue weighted by atomic mass is 16.6. The molecule has 3 aliphatic rings. The first kappa shape index (κ1) is 13.1. The first-order valence-corrected chi connectivity index (χ1v) is 7.26. The zero-order valence-corrected chi connectivity index (χ0v) is 11.6. The molecular weight excluding hydrogens is 244 g/mol. The van der Waals surface area contributed by atoms with E-state index in [1.54, 1.807) is 4.58 Å². The van der Waals surface area contributed by atoms with Crippen LogP contribution in [0.5, 0.6) is 0 Å². The van der Waals surface area contributed by atoms with Gasteiger partial charge in [0.25, 0.3) is 0 Å². The van der Waals surface area contributed by atoms with E-state index in [9.17, 15) is 5.11 Å². The van der Waals surface area contributed by atoms with Crippen LogP contribution < -0.4 is 11.1 Å². The molecule has 3 heterocycles. The lowest BCUT2D eigenvalue weighted by molar-refractivity contribution is -0.502. The second-order valence-corrected chi connectivity index (χ2v) is 6.18. The van der Waals surface area contributed by atoms with Crippen molar-refractivity contribution in [3.05, 3.63) is 0 Å². The fourth-order valence-corrected chi connectivity index (χ4v) is 3.65. The molecule has 2 unspecified atom stereocenters. The van der Waals surface area contributed by atoms with Crippen molar-refractivity contribution in [3.63, 3.8) is 0 Å². The van der Waals surface area contributed by atoms with Gasteiger partial charge >= 0.3 is 6.08 Å². The minimum atomic E-state index is -0.174. The minimum Gasteiger partial charge on any atom is -0.430 e. The molecule has 4 N–H and O–H groups in total. The highest BCUT2D eigenvalue weighted by Gasteiger charge is 2.49. The van der Waals surface area contributed by atoms with Gasteiger partial charge in [0.2, 0.25) is 0 Å². The number of ether oxygens (including phenoxy) is 1. The van der Waals surface area contributed by atoms with E-state index in [0.29, 0.717) is 6.04 Å². The molecule has 6 nitrogen and oxygen atoms in total. The van der Waals surface area contributed by atoms with Crippen LogP contribution in [0, 0.1) is 0 Å². The number of hydrogen-bond donors (Lipinski definition) is 3. The third-order valence-corrected chi connectivity index (χ3v) is 4.83. The summed E-state index contributed by atoms with van der Waals surface area (Å²) >= 11 is 0. The van der Waals surface area contributed by atoms with Crippen LogP contribution in [0.3, 0.4) is 0 Å². The van der Waals surface area contributed by atoms with E-state index < -0.39 is 0 Å². The third-order valence-electron chi connectivity index (χ3n) is 4.83. The van der Waals surface area contributed by atoms with E-state index in [1.165, 1.54) is 0 Å². The number of nitrogens with two attached hydrogens (primary N) is 1. The molecule has 0 bridgehead atoms. The Kier molecular flexibility index (Phi) is 3.41. The number of nitrogens with one attached hydrogen (secondary N) is 1. The molecule has 2 fully saturated rings. The molecule has 3 aliphatic heterocycles. The first-order chi connectivity index (χ1) is 9.10. The number of likely N-dealkylation sites (N-methyl/N-ethyl adjacent to an activating group) is 1. The van der Waals surface area contributed by atoms with Gasteiger partial charge in [0.05, 0.1) is 0 Å². The average Bonchev–Trinajstić information content (AvgIpc) is 2.67. The van der Waals surface area contributed by atoms with Crippen LogP contribution in [0.1, 0.15) is 19.3 Å². The van der Waals surface area contributed by atoms with Crippen LogP contribution in [0.15, 0.2) is 0 Å². The summed E-state index contributed by atoms with van der Waals surface area (Å²) in [6.45, 7) is 4.80. The van der Waals surface area contributed by atoms with Gasteiger partial charge < -0.3 is 20.9 Å². The van der Waals surface area contributed by atoms with Crippen molar-refractivity contribution in [2.45, 2.75) is 36.9 Å². The second-order valence-electron chi connectivity index (χ2n) is 6.18. The molecule has 0 aromatic rings. The van der Waals surface area contributed by atoms with Crippen LogP contribution in [0.4, 0.5) is 0 Å². The molecule has 108 valence electrons. The van der Waals surface area contributed by atoms with Gasteiger partial charge in [0.1, 0.15) is 7.05 Å². The summed E-state index contributed by atoms with van der Waals surface area (Å²) in [4.78, 5) is 2.51. The van der Waals surface area contributed by atoms with Crippen LogP contribution in [0.25, 0.3) is 0 Å². The second kappa shape index (κ2) is 4.92. The maximum absolute atomic E-state index is 9.65. The summed E-state index contributed by atoms with van der Waals surface area (Å²) in [6, 6.07) is 0.727. The van der Waals surface area contributed by atoms with Gasteiger partial charge in [0.15, 0.2) is 12.1 Å². The molecule has 0 saturated carbocycles. The van der Waals surface area contributed by atoms with Crippen LogP contribution >= 0.6 is 0 Å². The average molecular weight is 269 g/mol. The Hall–Kier alpha value is -0.850. The quantitative estimate of drug-likeness (QED) is 0.538. The molecule has 1 spiro atoms. The van der Waals surface area contributed by atoms with Crippen LogP contribution in [0.2, 0.25) is 0 Å². The zero-order chi connectivity index (χ0) is 13.5. The predicted octanol–water partition coefficient (Wildman–Crippen LogP) is -0.903. The summed E-state index contributed by atoms with van der Waals surface area (Å²) < 4.78 is 7.49. The number of aliphatic hydroxyl groups excluding tert-OH is 1. The predicted molar refractivity (Wildman–Crippen MR) is 72.6 cm³/mol. The van der Waals surface area contributed by atoms with Crippen LogP contribution in [-0.4, -0.2) is 78.1 Å². The molecule has 6 heteroatoms. The molecule has 19 heavy (non-hydrogen) atoms. The summed E-state index contributed by atoms with van der Waals surface area (Å²) in [5.41, 5.74) is 6.04. The fourth-order valence-electron chi connectivity index (χ4n) is 3.65. The fraction of sp³-hybridized carbons (Fsp3) is 0.923. The summed E-state index contributed by atoms with van der Waals surface area (Å²) in [6.07, 6.45) is 3.15. The number of rotatable bonds is 1. The number of piperidine rings is 2. The van der Waals surface area contributed by atoms with E-state index in [2.05, 4.69) is 10.2 Å². The lowest BCUT2D eigenvalue weighted by Crippen LogP contribution is -2.60. The molecule has 2 atom stereocenters. The summed E-state index contributed by atoms with van der Waals surface area (Å²) in [7, 11) is 1.87. The Labute approximate surface area is 114 Å². The number of hydrogen-bond acceptors (Lipinski definition) is 4. The van der Waals surface area contributed by atoms with Crippen molar-refractivity contribution in [1.29, 1.82) is 0 Å². The van der Waals surface area contributed by atoms with Crippen molar-refractivity contribution in [3.8, 4) is 0 Å². The molecule has 0 radical (unpaired) electrons. The topological polar surface area (TPSA) is 73.8 Å². The minimum absolute atomic E-state index is 0.0759. The normalized spacial score (nSPS) is 35.7. The highest BCUT2D eigenvalue weighted by Crippen LogP contribution is 2.31. The van der Waals surface area contributed by atoms with Gasteiger partial charge in [-0.2, -0.15) is 4.58 Å². The van der Waals surface area contributed by atoms with E-state index in [0.717, 1.165) is 52.0 Å². The molecule has 0 aromatic heterocycles. The lowest BCUT2D eigenvalue weighted by Gasteiger charge is -2.43. The third kappa shape index (κ3) is 2.44. The van der Waals surface area contributed by atoms with Crippen LogP contribution in [-0.2, 0) is 4.74 Å². The number of aliphatic hydroxyl groups is 1. The van der Waals surface area contributed by atoms with Gasteiger partial charge in [-0.15, -0.1) is 0 Å². The van der Waals surface area contributed by atoms with E-state index in [4.69, 9.17) is 10.5 Å². The Morgan fingerprint density at radius 1 is 1.47 bits per heavy atom.